The molecule has 0 aromatic heterocycles. The van der Waals surface area contributed by atoms with Crippen LogP contribution in [0, 0.1) is 0 Å². The molecule has 9 heteroatoms. The van der Waals surface area contributed by atoms with E-state index in [0.717, 1.165) is 0 Å². The molecule has 0 saturated heterocycles. The third-order valence-corrected chi connectivity index (χ3v) is 2.70. The van der Waals surface area contributed by atoms with Crippen LogP contribution in [0.4, 0.5) is 0 Å². The fourth-order valence-electron chi connectivity index (χ4n) is 1.16. The standard InChI is InChI=1S/C11H11Cl2N3O3S/c1-5(10(17)18)19-9-7(12)2-6(3-8(9)13)4-15-16-11(14)20/h2-5H,1H3,(H,17,18)(H3,14,16,20). The number of benzene rings is 1. The average Bonchev–Trinajstić information content (AvgIpc) is 2.32. The fraction of sp³-hybridized carbons (Fsp3) is 0.182. The maximum Gasteiger partial charge on any atom is 0.344 e. The largest absolute Gasteiger partial charge is 0.479 e. The van der Waals surface area contributed by atoms with Crippen molar-refractivity contribution in [3.63, 3.8) is 0 Å². The molecular formula is C11H11Cl2N3O3S. The van der Waals surface area contributed by atoms with E-state index >= 15 is 0 Å². The number of carboxylic acids is 1. The first kappa shape index (κ1) is 16.5. The van der Waals surface area contributed by atoms with Crippen LogP contribution in [0.1, 0.15) is 12.5 Å². The fourth-order valence-corrected chi connectivity index (χ4v) is 1.81. The van der Waals surface area contributed by atoms with Gasteiger partial charge in [-0.3, -0.25) is 5.43 Å². The zero-order valence-corrected chi connectivity index (χ0v) is 12.6. The molecule has 1 unspecified atom stereocenters. The topological polar surface area (TPSA) is 96.9 Å². The van der Waals surface area contributed by atoms with Crippen LogP contribution >= 0.6 is 35.4 Å². The summed E-state index contributed by atoms with van der Waals surface area (Å²) in [5.74, 6) is -1.02. The molecule has 0 radical (unpaired) electrons. The molecule has 20 heavy (non-hydrogen) atoms. The van der Waals surface area contributed by atoms with Gasteiger partial charge in [-0.2, -0.15) is 5.10 Å². The molecule has 1 aromatic carbocycles. The first-order valence-electron chi connectivity index (χ1n) is 5.28. The Morgan fingerprint density at radius 3 is 2.55 bits per heavy atom. The van der Waals surface area contributed by atoms with Crippen molar-refractivity contribution >= 4 is 52.7 Å². The average molecular weight is 336 g/mol. The van der Waals surface area contributed by atoms with Crippen LogP contribution in [-0.2, 0) is 4.79 Å². The van der Waals surface area contributed by atoms with E-state index in [4.69, 9.17) is 38.8 Å². The van der Waals surface area contributed by atoms with Crippen LogP contribution < -0.4 is 15.9 Å². The van der Waals surface area contributed by atoms with Crippen molar-refractivity contribution in [1.82, 2.24) is 5.43 Å². The van der Waals surface area contributed by atoms with Gasteiger partial charge in [-0.25, -0.2) is 4.79 Å². The van der Waals surface area contributed by atoms with Crippen molar-refractivity contribution < 1.29 is 14.6 Å². The summed E-state index contributed by atoms with van der Waals surface area (Å²) >= 11 is 16.6. The van der Waals surface area contributed by atoms with E-state index in [1.807, 2.05) is 0 Å². The number of halogens is 2. The third kappa shape index (κ3) is 4.84. The first-order chi connectivity index (χ1) is 9.31. The molecule has 0 aliphatic carbocycles. The van der Waals surface area contributed by atoms with Crippen molar-refractivity contribution in [3.05, 3.63) is 27.7 Å². The van der Waals surface area contributed by atoms with Crippen LogP contribution in [-0.4, -0.2) is 28.5 Å². The molecule has 0 amide bonds. The van der Waals surface area contributed by atoms with Gasteiger partial charge in [0.05, 0.1) is 16.3 Å². The molecule has 1 atom stereocenters. The molecule has 0 fully saturated rings. The number of nitrogens with zero attached hydrogens (tertiary/aromatic N) is 1. The summed E-state index contributed by atoms with van der Waals surface area (Å²) in [6.45, 7) is 1.37. The van der Waals surface area contributed by atoms with Gasteiger partial charge in [0.2, 0.25) is 0 Å². The van der Waals surface area contributed by atoms with E-state index < -0.39 is 12.1 Å². The number of thiocarbonyl (C=S) groups is 1. The first-order valence-corrected chi connectivity index (χ1v) is 6.44. The highest BCUT2D eigenvalue weighted by atomic mass is 35.5. The number of carbonyl (C=O) groups is 1. The number of nitrogens with one attached hydrogen (secondary N) is 1. The van der Waals surface area contributed by atoms with Gasteiger partial charge in [-0.1, -0.05) is 23.2 Å². The minimum atomic E-state index is -1.12. The molecule has 1 aromatic rings. The van der Waals surface area contributed by atoms with E-state index in [1.54, 1.807) is 0 Å². The summed E-state index contributed by atoms with van der Waals surface area (Å²) in [5.41, 5.74) is 8.15. The monoisotopic (exact) mass is 335 g/mol. The Morgan fingerprint density at radius 2 is 2.10 bits per heavy atom. The van der Waals surface area contributed by atoms with Crippen LogP contribution in [0.3, 0.4) is 0 Å². The van der Waals surface area contributed by atoms with E-state index in [-0.39, 0.29) is 20.9 Å². The molecule has 0 saturated carbocycles. The third-order valence-electron chi connectivity index (χ3n) is 2.05. The second-order valence-corrected chi connectivity index (χ2v) is 4.90. The molecule has 0 spiro atoms. The SMILES string of the molecule is CC(Oc1c(Cl)cc(C=NNC(N)=S)cc1Cl)C(=O)O. The lowest BCUT2D eigenvalue weighted by molar-refractivity contribution is -0.144. The van der Waals surface area contributed by atoms with E-state index in [1.165, 1.54) is 25.3 Å². The number of hydrazone groups is 1. The van der Waals surface area contributed by atoms with Crippen LogP contribution in [0.2, 0.25) is 10.0 Å². The molecule has 6 nitrogen and oxygen atoms in total. The van der Waals surface area contributed by atoms with Gasteiger partial charge in [0.25, 0.3) is 0 Å². The predicted octanol–water partition coefficient (Wildman–Crippen LogP) is 2.01. The van der Waals surface area contributed by atoms with Gasteiger partial charge >= 0.3 is 5.97 Å². The number of nitrogens with two attached hydrogens (primary N) is 1. The minimum Gasteiger partial charge on any atom is -0.479 e. The Kier molecular flexibility index (Phi) is 6.00. The molecule has 0 heterocycles. The summed E-state index contributed by atoms with van der Waals surface area (Å²) in [5, 5.41) is 12.9. The maximum atomic E-state index is 10.7. The number of ether oxygens (including phenoxy) is 1. The van der Waals surface area contributed by atoms with Crippen molar-refractivity contribution in [1.29, 1.82) is 0 Å². The van der Waals surface area contributed by atoms with Crippen LogP contribution in [0.25, 0.3) is 0 Å². The Labute approximate surface area is 130 Å². The highest BCUT2D eigenvalue weighted by Gasteiger charge is 2.17. The van der Waals surface area contributed by atoms with Crippen molar-refractivity contribution in [2.24, 2.45) is 10.8 Å². The van der Waals surface area contributed by atoms with Gasteiger partial charge in [0, 0.05) is 0 Å². The summed E-state index contributed by atoms with van der Waals surface area (Å²) in [6, 6.07) is 3.03. The van der Waals surface area contributed by atoms with Gasteiger partial charge in [-0.05, 0) is 36.8 Å². The second-order valence-electron chi connectivity index (χ2n) is 3.65. The number of hydrogen-bond acceptors (Lipinski definition) is 4. The lowest BCUT2D eigenvalue weighted by Gasteiger charge is -2.13. The lowest BCUT2D eigenvalue weighted by Crippen LogP contribution is -2.24. The van der Waals surface area contributed by atoms with E-state index in [9.17, 15) is 4.79 Å². The van der Waals surface area contributed by atoms with Crippen molar-refractivity contribution in [2.75, 3.05) is 0 Å². The molecule has 1 rings (SSSR count). The predicted molar refractivity (Wildman–Crippen MR) is 81.7 cm³/mol. The van der Waals surface area contributed by atoms with Gasteiger partial charge in [0.15, 0.2) is 17.0 Å². The van der Waals surface area contributed by atoms with Crippen LogP contribution in [0.15, 0.2) is 17.2 Å². The Bertz CT molecular complexity index is 543. The molecule has 0 bridgehead atoms. The number of carboxylic acid groups (broad SMARTS) is 1. The lowest BCUT2D eigenvalue weighted by atomic mass is 10.2. The minimum absolute atomic E-state index is 0.0219. The molecule has 4 N–H and O–H groups in total. The van der Waals surface area contributed by atoms with E-state index in [2.05, 4.69) is 22.7 Å². The van der Waals surface area contributed by atoms with Gasteiger partial charge < -0.3 is 15.6 Å². The van der Waals surface area contributed by atoms with Crippen molar-refractivity contribution in [2.45, 2.75) is 13.0 Å². The van der Waals surface area contributed by atoms with Crippen molar-refractivity contribution in [3.8, 4) is 5.75 Å². The molecular weight excluding hydrogens is 325 g/mol. The number of aliphatic carboxylic acids is 1. The molecule has 108 valence electrons. The zero-order valence-electron chi connectivity index (χ0n) is 10.3. The van der Waals surface area contributed by atoms with Gasteiger partial charge in [0.1, 0.15) is 0 Å². The normalized spacial score (nSPS) is 12.2. The van der Waals surface area contributed by atoms with E-state index in [0.29, 0.717) is 5.56 Å². The quantitative estimate of drug-likeness (QED) is 0.432. The summed E-state index contributed by atoms with van der Waals surface area (Å²) in [4.78, 5) is 10.7. The number of hydrogen-bond donors (Lipinski definition) is 3. The van der Waals surface area contributed by atoms with Crippen LogP contribution in [0.5, 0.6) is 5.75 Å². The molecule has 0 aliphatic heterocycles. The highest BCUT2D eigenvalue weighted by molar-refractivity contribution is 7.80. The summed E-state index contributed by atoms with van der Waals surface area (Å²) in [6.07, 6.45) is 0.335. The Morgan fingerprint density at radius 1 is 1.55 bits per heavy atom. The van der Waals surface area contributed by atoms with Gasteiger partial charge in [-0.15, -0.1) is 0 Å². The number of rotatable bonds is 5. The Balaban J connectivity index is 2.94. The summed E-state index contributed by atoms with van der Waals surface area (Å²) < 4.78 is 5.17. The highest BCUT2D eigenvalue weighted by Crippen LogP contribution is 2.34. The Hall–Kier alpha value is -1.57. The smallest absolute Gasteiger partial charge is 0.344 e. The maximum absolute atomic E-state index is 10.7. The summed E-state index contributed by atoms with van der Waals surface area (Å²) in [7, 11) is 0. The molecule has 0 aliphatic rings. The second kappa shape index (κ2) is 7.28. The zero-order chi connectivity index (χ0) is 15.3.